The van der Waals surface area contributed by atoms with Crippen LogP contribution in [0, 0.1) is 0 Å². The van der Waals surface area contributed by atoms with Crippen LogP contribution in [0.5, 0.6) is 0 Å². The molecule has 0 saturated heterocycles. The standard InChI is InChI=1S/C13H20N4O2/c1-3-17(8-12(15)18)9(2)13(19)16-11-7-5-4-6-10(11)14/h4-7,9H,3,8,14H2,1-2H3,(H2,15,18)(H,16,19). The van der Waals surface area contributed by atoms with Crippen LogP contribution in [0.3, 0.4) is 0 Å². The Morgan fingerprint density at radius 2 is 2.00 bits per heavy atom. The Labute approximate surface area is 112 Å². The number of nitrogens with two attached hydrogens (primary N) is 2. The number of likely N-dealkylation sites (N-methyl/N-ethyl adjacent to an activating group) is 1. The van der Waals surface area contributed by atoms with Crippen LogP contribution in [0.2, 0.25) is 0 Å². The number of hydrogen-bond acceptors (Lipinski definition) is 4. The van der Waals surface area contributed by atoms with Gasteiger partial charge in [-0.25, -0.2) is 0 Å². The van der Waals surface area contributed by atoms with E-state index in [1.165, 1.54) is 0 Å². The number of primary amides is 1. The third-order valence-corrected chi connectivity index (χ3v) is 2.91. The van der Waals surface area contributed by atoms with Crippen molar-refractivity contribution in [3.63, 3.8) is 0 Å². The van der Waals surface area contributed by atoms with E-state index < -0.39 is 11.9 Å². The van der Waals surface area contributed by atoms with Crippen LogP contribution in [0.15, 0.2) is 24.3 Å². The zero-order valence-electron chi connectivity index (χ0n) is 11.2. The van der Waals surface area contributed by atoms with Crippen molar-refractivity contribution in [3.05, 3.63) is 24.3 Å². The first kappa shape index (κ1) is 15.0. The maximum absolute atomic E-state index is 12.1. The highest BCUT2D eigenvalue weighted by Crippen LogP contribution is 2.17. The maximum atomic E-state index is 12.1. The van der Waals surface area contributed by atoms with Gasteiger partial charge in [0.2, 0.25) is 11.8 Å². The number of hydrogen-bond donors (Lipinski definition) is 3. The van der Waals surface area contributed by atoms with Gasteiger partial charge in [0.1, 0.15) is 0 Å². The van der Waals surface area contributed by atoms with Gasteiger partial charge < -0.3 is 16.8 Å². The van der Waals surface area contributed by atoms with Gasteiger partial charge in [-0.2, -0.15) is 0 Å². The molecule has 6 nitrogen and oxygen atoms in total. The van der Waals surface area contributed by atoms with E-state index in [0.717, 1.165) is 0 Å². The summed E-state index contributed by atoms with van der Waals surface area (Å²) in [7, 11) is 0. The van der Waals surface area contributed by atoms with Gasteiger partial charge in [-0.1, -0.05) is 19.1 Å². The molecule has 0 fully saturated rings. The topological polar surface area (TPSA) is 101 Å². The Hall–Kier alpha value is -2.08. The fraction of sp³-hybridized carbons (Fsp3) is 0.385. The minimum atomic E-state index is -0.461. The summed E-state index contributed by atoms with van der Waals surface area (Å²) >= 11 is 0. The zero-order chi connectivity index (χ0) is 14.4. The van der Waals surface area contributed by atoms with Gasteiger partial charge in [-0.3, -0.25) is 14.5 Å². The van der Waals surface area contributed by atoms with Crippen LogP contribution in [-0.4, -0.2) is 35.8 Å². The number of nitrogen functional groups attached to an aromatic ring is 1. The predicted molar refractivity (Wildman–Crippen MR) is 75.4 cm³/mol. The molecule has 0 aliphatic rings. The second kappa shape index (κ2) is 6.75. The van der Waals surface area contributed by atoms with Crippen molar-refractivity contribution in [1.82, 2.24) is 4.90 Å². The first-order valence-electron chi connectivity index (χ1n) is 6.13. The van der Waals surface area contributed by atoms with E-state index in [4.69, 9.17) is 11.5 Å². The number of nitrogens with one attached hydrogen (secondary N) is 1. The first-order chi connectivity index (χ1) is 8.95. The number of amides is 2. The molecule has 6 heteroatoms. The van der Waals surface area contributed by atoms with Crippen LogP contribution >= 0.6 is 0 Å². The quantitative estimate of drug-likeness (QED) is 0.647. The molecule has 0 aliphatic heterocycles. The highest BCUT2D eigenvalue weighted by atomic mass is 16.2. The molecule has 1 unspecified atom stereocenters. The van der Waals surface area contributed by atoms with E-state index in [9.17, 15) is 9.59 Å². The summed E-state index contributed by atoms with van der Waals surface area (Å²) in [5, 5.41) is 2.74. The van der Waals surface area contributed by atoms with E-state index in [0.29, 0.717) is 17.9 Å². The fourth-order valence-corrected chi connectivity index (χ4v) is 1.74. The summed E-state index contributed by atoms with van der Waals surface area (Å²) in [6.07, 6.45) is 0. The Bertz CT molecular complexity index is 462. The molecular weight excluding hydrogens is 244 g/mol. The van der Waals surface area contributed by atoms with Crippen LogP contribution in [-0.2, 0) is 9.59 Å². The average Bonchev–Trinajstić information content (AvgIpc) is 2.37. The Morgan fingerprint density at radius 3 is 2.53 bits per heavy atom. The van der Waals surface area contributed by atoms with Gasteiger partial charge >= 0.3 is 0 Å². The molecule has 0 saturated carbocycles. The molecule has 2 amide bonds. The number of benzene rings is 1. The molecule has 19 heavy (non-hydrogen) atoms. The molecule has 104 valence electrons. The lowest BCUT2D eigenvalue weighted by molar-refractivity contribution is -0.123. The van der Waals surface area contributed by atoms with Gasteiger partial charge in [0.25, 0.3) is 0 Å². The average molecular weight is 264 g/mol. The van der Waals surface area contributed by atoms with Crippen molar-refractivity contribution >= 4 is 23.2 Å². The molecular formula is C13H20N4O2. The predicted octanol–water partition coefficient (Wildman–Crippen LogP) is 0.403. The normalized spacial score (nSPS) is 12.2. The van der Waals surface area contributed by atoms with Crippen LogP contribution in [0.4, 0.5) is 11.4 Å². The van der Waals surface area contributed by atoms with Crippen LogP contribution < -0.4 is 16.8 Å². The lowest BCUT2D eigenvalue weighted by Gasteiger charge is -2.25. The molecule has 0 heterocycles. The Kier molecular flexibility index (Phi) is 5.32. The second-order valence-corrected chi connectivity index (χ2v) is 4.28. The molecule has 1 rings (SSSR count). The van der Waals surface area contributed by atoms with Gasteiger partial charge in [-0.15, -0.1) is 0 Å². The van der Waals surface area contributed by atoms with E-state index in [2.05, 4.69) is 5.32 Å². The number of anilines is 2. The monoisotopic (exact) mass is 264 g/mol. The zero-order valence-corrected chi connectivity index (χ0v) is 11.2. The van der Waals surface area contributed by atoms with Gasteiger partial charge in [-0.05, 0) is 25.6 Å². The summed E-state index contributed by atoms with van der Waals surface area (Å²) in [5.41, 5.74) is 12.0. The SMILES string of the molecule is CCN(CC(N)=O)C(C)C(=O)Nc1ccccc1N. The van der Waals surface area contributed by atoms with E-state index in [-0.39, 0.29) is 12.5 Å². The summed E-state index contributed by atoms with van der Waals surface area (Å²) in [4.78, 5) is 24.7. The third kappa shape index (κ3) is 4.26. The maximum Gasteiger partial charge on any atom is 0.241 e. The van der Waals surface area contributed by atoms with Gasteiger partial charge in [0.15, 0.2) is 0 Å². The van der Waals surface area contributed by atoms with Crippen molar-refractivity contribution in [2.24, 2.45) is 5.73 Å². The second-order valence-electron chi connectivity index (χ2n) is 4.28. The highest BCUT2D eigenvalue weighted by Gasteiger charge is 2.21. The number of para-hydroxylation sites is 2. The molecule has 1 atom stereocenters. The minimum absolute atomic E-state index is 0.0510. The van der Waals surface area contributed by atoms with E-state index in [1.54, 1.807) is 36.1 Å². The molecule has 0 spiro atoms. The van der Waals surface area contributed by atoms with Gasteiger partial charge in [0.05, 0.1) is 24.0 Å². The van der Waals surface area contributed by atoms with Gasteiger partial charge in [0, 0.05) is 0 Å². The molecule has 5 N–H and O–H groups in total. The number of nitrogens with zero attached hydrogens (tertiary/aromatic N) is 1. The summed E-state index contributed by atoms with van der Waals surface area (Å²) < 4.78 is 0. The molecule has 0 bridgehead atoms. The van der Waals surface area contributed by atoms with Crippen molar-refractivity contribution in [3.8, 4) is 0 Å². The number of carbonyl (C=O) groups excluding carboxylic acids is 2. The smallest absolute Gasteiger partial charge is 0.241 e. The largest absolute Gasteiger partial charge is 0.397 e. The van der Waals surface area contributed by atoms with Crippen molar-refractivity contribution < 1.29 is 9.59 Å². The summed E-state index contributed by atoms with van der Waals surface area (Å²) in [6, 6.07) is 6.56. The highest BCUT2D eigenvalue weighted by molar-refractivity contribution is 5.97. The lowest BCUT2D eigenvalue weighted by Crippen LogP contribution is -2.45. The Balaban J connectivity index is 2.71. The molecule has 0 radical (unpaired) electrons. The summed E-state index contributed by atoms with van der Waals surface area (Å²) in [5.74, 6) is -0.679. The third-order valence-electron chi connectivity index (χ3n) is 2.91. The molecule has 1 aromatic rings. The molecule has 1 aromatic carbocycles. The fourth-order valence-electron chi connectivity index (χ4n) is 1.74. The Morgan fingerprint density at radius 1 is 1.37 bits per heavy atom. The lowest BCUT2D eigenvalue weighted by atomic mass is 10.2. The molecule has 0 aromatic heterocycles. The minimum Gasteiger partial charge on any atom is -0.397 e. The molecule has 0 aliphatic carbocycles. The van der Waals surface area contributed by atoms with Crippen LogP contribution in [0.25, 0.3) is 0 Å². The van der Waals surface area contributed by atoms with Crippen molar-refractivity contribution in [2.75, 3.05) is 24.1 Å². The first-order valence-corrected chi connectivity index (χ1v) is 6.13. The van der Waals surface area contributed by atoms with E-state index >= 15 is 0 Å². The number of carbonyl (C=O) groups is 2. The van der Waals surface area contributed by atoms with E-state index in [1.807, 2.05) is 6.92 Å². The van der Waals surface area contributed by atoms with Crippen LogP contribution in [0.1, 0.15) is 13.8 Å². The summed E-state index contributed by atoms with van der Waals surface area (Å²) in [6.45, 7) is 4.20. The van der Waals surface area contributed by atoms with Crippen molar-refractivity contribution in [1.29, 1.82) is 0 Å². The number of rotatable bonds is 6. The van der Waals surface area contributed by atoms with Crippen molar-refractivity contribution in [2.45, 2.75) is 19.9 Å².